The van der Waals surface area contributed by atoms with Gasteiger partial charge in [0.25, 0.3) is 0 Å². The Kier molecular flexibility index (Phi) is 4.48. The first-order valence-corrected chi connectivity index (χ1v) is 7.93. The SMILES string of the molecule is CCC1CCCC(Nc2cccnc2-n2cncn2)CC1. The van der Waals surface area contributed by atoms with Crippen molar-refractivity contribution in [3.63, 3.8) is 0 Å². The largest absolute Gasteiger partial charge is 0.379 e. The quantitative estimate of drug-likeness (QED) is 0.874. The summed E-state index contributed by atoms with van der Waals surface area (Å²) < 4.78 is 1.72. The predicted molar refractivity (Wildman–Crippen MR) is 83.4 cm³/mol. The molecule has 2 aromatic rings. The lowest BCUT2D eigenvalue weighted by Gasteiger charge is -2.19. The van der Waals surface area contributed by atoms with Crippen LogP contribution in [0.25, 0.3) is 5.82 Å². The molecule has 2 unspecified atom stereocenters. The number of hydrogen-bond donors (Lipinski definition) is 1. The topological polar surface area (TPSA) is 55.6 Å². The van der Waals surface area contributed by atoms with Gasteiger partial charge in [0.2, 0.25) is 0 Å². The van der Waals surface area contributed by atoms with Crippen molar-refractivity contribution >= 4 is 5.69 Å². The summed E-state index contributed by atoms with van der Waals surface area (Å²) in [6.45, 7) is 2.31. The molecule has 1 N–H and O–H groups in total. The van der Waals surface area contributed by atoms with Gasteiger partial charge in [0, 0.05) is 12.2 Å². The number of nitrogens with one attached hydrogen (secondary N) is 1. The average molecular weight is 285 g/mol. The fraction of sp³-hybridized carbons (Fsp3) is 0.562. The molecule has 3 rings (SSSR count). The first-order valence-electron chi connectivity index (χ1n) is 7.93. The van der Waals surface area contributed by atoms with Crippen LogP contribution in [0.3, 0.4) is 0 Å². The summed E-state index contributed by atoms with van der Waals surface area (Å²) in [5.41, 5.74) is 1.04. The van der Waals surface area contributed by atoms with E-state index < -0.39 is 0 Å². The van der Waals surface area contributed by atoms with E-state index in [0.29, 0.717) is 6.04 Å². The second-order valence-electron chi connectivity index (χ2n) is 5.84. The van der Waals surface area contributed by atoms with Crippen molar-refractivity contribution in [1.82, 2.24) is 19.7 Å². The normalized spacial score (nSPS) is 22.7. The van der Waals surface area contributed by atoms with E-state index in [9.17, 15) is 0 Å². The average Bonchev–Trinajstić information content (AvgIpc) is 2.95. The predicted octanol–water partition coefficient (Wildman–Crippen LogP) is 3.43. The second kappa shape index (κ2) is 6.70. The number of rotatable bonds is 4. The Morgan fingerprint density at radius 2 is 2.24 bits per heavy atom. The number of pyridine rings is 1. The van der Waals surface area contributed by atoms with Crippen LogP contribution in [0.4, 0.5) is 5.69 Å². The maximum atomic E-state index is 4.44. The summed E-state index contributed by atoms with van der Waals surface area (Å²) >= 11 is 0. The van der Waals surface area contributed by atoms with Crippen molar-refractivity contribution in [2.75, 3.05) is 5.32 Å². The second-order valence-corrected chi connectivity index (χ2v) is 5.84. The van der Waals surface area contributed by atoms with Crippen LogP contribution >= 0.6 is 0 Å². The van der Waals surface area contributed by atoms with Crippen molar-refractivity contribution in [3.05, 3.63) is 31.0 Å². The van der Waals surface area contributed by atoms with E-state index in [0.717, 1.165) is 17.4 Å². The van der Waals surface area contributed by atoms with Gasteiger partial charge in [-0.05, 0) is 37.3 Å². The molecule has 1 aliphatic rings. The van der Waals surface area contributed by atoms with Gasteiger partial charge >= 0.3 is 0 Å². The Balaban J connectivity index is 1.73. The molecule has 2 atom stereocenters. The Labute approximate surface area is 125 Å². The van der Waals surface area contributed by atoms with E-state index in [4.69, 9.17) is 0 Å². The van der Waals surface area contributed by atoms with Crippen LogP contribution in [0.15, 0.2) is 31.0 Å². The number of nitrogens with zero attached hydrogens (tertiary/aromatic N) is 4. The summed E-state index contributed by atoms with van der Waals surface area (Å²) in [6, 6.07) is 4.58. The van der Waals surface area contributed by atoms with Crippen LogP contribution in [0, 0.1) is 5.92 Å². The molecular formula is C16H23N5. The molecular weight excluding hydrogens is 262 g/mol. The van der Waals surface area contributed by atoms with Gasteiger partial charge in [-0.3, -0.25) is 0 Å². The van der Waals surface area contributed by atoms with Gasteiger partial charge < -0.3 is 5.32 Å². The Hall–Kier alpha value is -1.91. The van der Waals surface area contributed by atoms with Crippen LogP contribution in [-0.2, 0) is 0 Å². The Bertz CT molecular complexity index is 552. The molecule has 0 aromatic carbocycles. The van der Waals surface area contributed by atoms with Gasteiger partial charge in [-0.1, -0.05) is 26.2 Å². The molecule has 0 spiro atoms. The fourth-order valence-electron chi connectivity index (χ4n) is 3.16. The summed E-state index contributed by atoms with van der Waals surface area (Å²) in [4.78, 5) is 8.45. The zero-order valence-corrected chi connectivity index (χ0v) is 12.6. The van der Waals surface area contributed by atoms with Crippen LogP contribution in [-0.4, -0.2) is 25.8 Å². The Morgan fingerprint density at radius 3 is 3.05 bits per heavy atom. The highest BCUT2D eigenvalue weighted by Crippen LogP contribution is 2.28. The van der Waals surface area contributed by atoms with Gasteiger partial charge in [-0.15, -0.1) is 0 Å². The molecule has 5 nitrogen and oxygen atoms in total. The zero-order valence-electron chi connectivity index (χ0n) is 12.6. The van der Waals surface area contributed by atoms with E-state index in [1.165, 1.54) is 44.9 Å². The molecule has 0 amide bonds. The number of hydrogen-bond acceptors (Lipinski definition) is 4. The van der Waals surface area contributed by atoms with Crippen molar-refractivity contribution in [3.8, 4) is 5.82 Å². The van der Waals surface area contributed by atoms with E-state index in [-0.39, 0.29) is 0 Å². The first kappa shape index (κ1) is 14.0. The molecule has 0 aliphatic heterocycles. The van der Waals surface area contributed by atoms with E-state index >= 15 is 0 Å². The maximum absolute atomic E-state index is 4.44. The molecule has 112 valence electrons. The molecule has 1 aliphatic carbocycles. The summed E-state index contributed by atoms with van der Waals surface area (Å²) in [7, 11) is 0. The van der Waals surface area contributed by atoms with Gasteiger partial charge in [0.05, 0.1) is 5.69 Å². The summed E-state index contributed by atoms with van der Waals surface area (Å²) in [5, 5.41) is 7.86. The summed E-state index contributed by atoms with van der Waals surface area (Å²) in [5.74, 6) is 1.73. The van der Waals surface area contributed by atoms with Crippen molar-refractivity contribution < 1.29 is 0 Å². The summed E-state index contributed by atoms with van der Waals surface area (Å²) in [6.07, 6.45) is 12.8. The lowest BCUT2D eigenvalue weighted by atomic mass is 9.98. The molecule has 1 fully saturated rings. The number of aromatic nitrogens is 4. The molecule has 0 bridgehead atoms. The minimum atomic E-state index is 0.535. The van der Waals surface area contributed by atoms with Gasteiger partial charge in [-0.25, -0.2) is 14.6 Å². The van der Waals surface area contributed by atoms with E-state index in [2.05, 4.69) is 33.4 Å². The van der Waals surface area contributed by atoms with Crippen LogP contribution in [0.5, 0.6) is 0 Å². The van der Waals surface area contributed by atoms with Crippen molar-refractivity contribution in [1.29, 1.82) is 0 Å². The lowest BCUT2D eigenvalue weighted by Crippen LogP contribution is -2.20. The highest BCUT2D eigenvalue weighted by Gasteiger charge is 2.19. The lowest BCUT2D eigenvalue weighted by molar-refractivity contribution is 0.444. The van der Waals surface area contributed by atoms with Crippen molar-refractivity contribution in [2.45, 2.75) is 51.5 Å². The first-order chi connectivity index (χ1) is 10.4. The van der Waals surface area contributed by atoms with Gasteiger partial charge in [0.15, 0.2) is 5.82 Å². The van der Waals surface area contributed by atoms with Crippen LogP contribution < -0.4 is 5.32 Å². The van der Waals surface area contributed by atoms with Gasteiger partial charge in [-0.2, -0.15) is 5.10 Å². The van der Waals surface area contributed by atoms with E-state index in [1.54, 1.807) is 17.2 Å². The molecule has 0 saturated heterocycles. The van der Waals surface area contributed by atoms with Crippen molar-refractivity contribution in [2.24, 2.45) is 5.92 Å². The minimum Gasteiger partial charge on any atom is -0.379 e. The van der Waals surface area contributed by atoms with E-state index in [1.807, 2.05) is 6.07 Å². The Morgan fingerprint density at radius 1 is 1.29 bits per heavy atom. The third kappa shape index (κ3) is 3.40. The molecule has 5 heteroatoms. The zero-order chi connectivity index (χ0) is 14.5. The molecule has 2 heterocycles. The molecule has 0 radical (unpaired) electrons. The molecule has 2 aromatic heterocycles. The van der Waals surface area contributed by atoms with Crippen LogP contribution in [0.2, 0.25) is 0 Å². The standard InChI is InChI=1S/C16H23N5/c1-2-13-5-3-6-14(9-8-13)20-15-7-4-10-18-16(15)21-12-17-11-19-21/h4,7,10-14,20H,2-3,5-6,8-9H2,1H3. The highest BCUT2D eigenvalue weighted by molar-refractivity contribution is 5.56. The maximum Gasteiger partial charge on any atom is 0.178 e. The molecule has 21 heavy (non-hydrogen) atoms. The smallest absolute Gasteiger partial charge is 0.178 e. The minimum absolute atomic E-state index is 0.535. The number of anilines is 1. The monoisotopic (exact) mass is 285 g/mol. The van der Waals surface area contributed by atoms with Gasteiger partial charge in [0.1, 0.15) is 12.7 Å². The highest BCUT2D eigenvalue weighted by atomic mass is 15.3. The molecule has 1 saturated carbocycles. The third-order valence-corrected chi connectivity index (χ3v) is 4.45. The van der Waals surface area contributed by atoms with Crippen LogP contribution in [0.1, 0.15) is 45.4 Å². The third-order valence-electron chi connectivity index (χ3n) is 4.45. The fourth-order valence-corrected chi connectivity index (χ4v) is 3.16.